The maximum atomic E-state index is 13.4. The zero-order valence-electron chi connectivity index (χ0n) is 11.1. The molecule has 2 rings (SSSR count). The normalized spacial score (nSPS) is 12.4. The Morgan fingerprint density at radius 1 is 1.21 bits per heavy atom. The van der Waals surface area contributed by atoms with Crippen LogP contribution in [0.5, 0.6) is 0 Å². The zero-order chi connectivity index (χ0) is 13.8. The first-order valence-electron chi connectivity index (χ1n) is 6.37. The van der Waals surface area contributed by atoms with Crippen LogP contribution in [0, 0.1) is 16.3 Å². The molecule has 19 heavy (non-hydrogen) atoms. The van der Waals surface area contributed by atoms with Crippen molar-refractivity contribution in [2.75, 3.05) is 6.54 Å². The van der Waals surface area contributed by atoms with Crippen molar-refractivity contribution in [2.45, 2.75) is 19.9 Å². The minimum atomic E-state index is -0.192. The van der Waals surface area contributed by atoms with Crippen molar-refractivity contribution in [1.82, 2.24) is 5.32 Å². The molecule has 0 saturated carbocycles. The van der Waals surface area contributed by atoms with Crippen molar-refractivity contribution in [2.24, 2.45) is 0 Å². The molecular formula is C16H17FIN. The zero-order valence-corrected chi connectivity index (χ0v) is 13.2. The lowest BCUT2D eigenvalue weighted by atomic mass is 9.97. The molecule has 1 N–H and O–H groups in total. The van der Waals surface area contributed by atoms with Gasteiger partial charge in [-0.05, 0) is 64.9 Å². The molecule has 0 aromatic heterocycles. The Morgan fingerprint density at radius 2 is 1.95 bits per heavy atom. The summed E-state index contributed by atoms with van der Waals surface area (Å²) in [6.07, 6.45) is 0. The Hall–Kier alpha value is -0.940. The van der Waals surface area contributed by atoms with Gasteiger partial charge in [-0.25, -0.2) is 4.39 Å². The number of halogens is 2. The Kier molecular flexibility index (Phi) is 4.93. The highest BCUT2D eigenvalue weighted by molar-refractivity contribution is 14.1. The summed E-state index contributed by atoms with van der Waals surface area (Å²) in [7, 11) is 0. The van der Waals surface area contributed by atoms with Crippen LogP contribution in [-0.2, 0) is 0 Å². The number of benzene rings is 2. The van der Waals surface area contributed by atoms with Gasteiger partial charge in [0.15, 0.2) is 0 Å². The van der Waals surface area contributed by atoms with Crippen LogP contribution in [0.15, 0.2) is 42.5 Å². The van der Waals surface area contributed by atoms with Crippen LogP contribution in [0.3, 0.4) is 0 Å². The van der Waals surface area contributed by atoms with Gasteiger partial charge in [0.25, 0.3) is 0 Å². The van der Waals surface area contributed by atoms with E-state index in [0.717, 1.165) is 12.1 Å². The Labute approximate surface area is 127 Å². The molecular weight excluding hydrogens is 352 g/mol. The standard InChI is InChI=1S/C16H17FIN/c1-3-19-16(12-7-5-8-13(17)10-12)14-9-4-6-11(2)15(14)18/h4-10,16,19H,3H2,1-2H3. The van der Waals surface area contributed by atoms with Gasteiger partial charge in [-0.2, -0.15) is 0 Å². The summed E-state index contributed by atoms with van der Waals surface area (Å²) < 4.78 is 14.7. The van der Waals surface area contributed by atoms with Gasteiger partial charge in [-0.3, -0.25) is 0 Å². The van der Waals surface area contributed by atoms with Gasteiger partial charge >= 0.3 is 0 Å². The second-order valence-electron chi connectivity index (χ2n) is 4.52. The molecule has 3 heteroatoms. The van der Waals surface area contributed by atoms with Crippen LogP contribution in [0.2, 0.25) is 0 Å². The molecule has 0 bridgehead atoms. The van der Waals surface area contributed by atoms with Crippen molar-refractivity contribution < 1.29 is 4.39 Å². The van der Waals surface area contributed by atoms with E-state index < -0.39 is 0 Å². The maximum Gasteiger partial charge on any atom is 0.123 e. The molecule has 0 aliphatic rings. The van der Waals surface area contributed by atoms with Crippen LogP contribution < -0.4 is 5.32 Å². The molecule has 0 spiro atoms. The number of rotatable bonds is 4. The van der Waals surface area contributed by atoms with Crippen LogP contribution in [0.1, 0.15) is 29.7 Å². The number of aryl methyl sites for hydroxylation is 1. The van der Waals surface area contributed by atoms with Gasteiger partial charge < -0.3 is 5.32 Å². The number of nitrogens with one attached hydrogen (secondary N) is 1. The molecule has 1 unspecified atom stereocenters. The second-order valence-corrected chi connectivity index (χ2v) is 5.60. The molecule has 2 aromatic carbocycles. The molecule has 1 atom stereocenters. The Morgan fingerprint density at radius 3 is 2.63 bits per heavy atom. The summed E-state index contributed by atoms with van der Waals surface area (Å²) in [5.41, 5.74) is 3.41. The minimum absolute atomic E-state index is 0.0347. The average Bonchev–Trinajstić information content (AvgIpc) is 2.40. The summed E-state index contributed by atoms with van der Waals surface area (Å²) in [5.74, 6) is -0.192. The molecule has 0 heterocycles. The van der Waals surface area contributed by atoms with E-state index in [1.165, 1.54) is 20.8 Å². The summed E-state index contributed by atoms with van der Waals surface area (Å²) in [5, 5.41) is 3.44. The highest BCUT2D eigenvalue weighted by Crippen LogP contribution is 2.28. The lowest BCUT2D eigenvalue weighted by Gasteiger charge is -2.21. The first-order chi connectivity index (χ1) is 9.13. The smallest absolute Gasteiger partial charge is 0.123 e. The Balaban J connectivity index is 2.48. The van der Waals surface area contributed by atoms with Gasteiger partial charge in [-0.15, -0.1) is 0 Å². The van der Waals surface area contributed by atoms with Crippen molar-refractivity contribution in [3.05, 3.63) is 68.5 Å². The number of hydrogen-bond acceptors (Lipinski definition) is 1. The Bertz CT molecular complexity index is 568. The van der Waals surface area contributed by atoms with E-state index in [-0.39, 0.29) is 11.9 Å². The molecule has 0 saturated heterocycles. The largest absolute Gasteiger partial charge is 0.306 e. The van der Waals surface area contributed by atoms with Crippen LogP contribution in [0.25, 0.3) is 0 Å². The third-order valence-electron chi connectivity index (χ3n) is 3.12. The summed E-state index contributed by atoms with van der Waals surface area (Å²) in [6, 6.07) is 13.1. The van der Waals surface area contributed by atoms with Crippen molar-refractivity contribution in [3.63, 3.8) is 0 Å². The second kappa shape index (κ2) is 6.48. The van der Waals surface area contributed by atoms with Crippen LogP contribution in [0.4, 0.5) is 4.39 Å². The lowest BCUT2D eigenvalue weighted by molar-refractivity contribution is 0.602. The van der Waals surface area contributed by atoms with Crippen molar-refractivity contribution in [3.8, 4) is 0 Å². The van der Waals surface area contributed by atoms with Crippen LogP contribution in [-0.4, -0.2) is 6.54 Å². The lowest BCUT2D eigenvalue weighted by Crippen LogP contribution is -2.23. The fourth-order valence-electron chi connectivity index (χ4n) is 2.19. The minimum Gasteiger partial charge on any atom is -0.306 e. The van der Waals surface area contributed by atoms with E-state index in [4.69, 9.17) is 0 Å². The van der Waals surface area contributed by atoms with E-state index in [0.29, 0.717) is 0 Å². The molecule has 2 aromatic rings. The molecule has 0 aliphatic heterocycles. The fourth-order valence-corrected chi connectivity index (χ4v) is 2.86. The third kappa shape index (κ3) is 3.34. The monoisotopic (exact) mass is 369 g/mol. The molecule has 0 fully saturated rings. The fraction of sp³-hybridized carbons (Fsp3) is 0.250. The van der Waals surface area contributed by atoms with Gasteiger partial charge in [-0.1, -0.05) is 37.3 Å². The highest BCUT2D eigenvalue weighted by atomic mass is 127. The van der Waals surface area contributed by atoms with Crippen molar-refractivity contribution in [1.29, 1.82) is 0 Å². The molecule has 0 aliphatic carbocycles. The first-order valence-corrected chi connectivity index (χ1v) is 7.45. The van der Waals surface area contributed by atoms with Crippen molar-refractivity contribution >= 4 is 22.6 Å². The SMILES string of the molecule is CCNC(c1cccc(F)c1)c1cccc(C)c1I. The van der Waals surface area contributed by atoms with E-state index in [1.807, 2.05) is 6.07 Å². The average molecular weight is 369 g/mol. The summed E-state index contributed by atoms with van der Waals surface area (Å²) in [4.78, 5) is 0. The predicted molar refractivity (Wildman–Crippen MR) is 85.8 cm³/mol. The van der Waals surface area contributed by atoms with Gasteiger partial charge in [0.2, 0.25) is 0 Å². The van der Waals surface area contributed by atoms with E-state index in [9.17, 15) is 4.39 Å². The summed E-state index contributed by atoms with van der Waals surface area (Å²) in [6.45, 7) is 5.00. The molecule has 0 radical (unpaired) electrons. The highest BCUT2D eigenvalue weighted by Gasteiger charge is 2.16. The van der Waals surface area contributed by atoms with Gasteiger partial charge in [0.1, 0.15) is 5.82 Å². The van der Waals surface area contributed by atoms with Gasteiger partial charge in [0, 0.05) is 3.57 Å². The predicted octanol–water partition coefficient (Wildman–Crippen LogP) is 4.44. The first kappa shape index (κ1) is 14.5. The molecule has 100 valence electrons. The summed E-state index contributed by atoms with van der Waals surface area (Å²) >= 11 is 2.36. The topological polar surface area (TPSA) is 12.0 Å². The van der Waals surface area contributed by atoms with E-state index in [2.05, 4.69) is 60.0 Å². The van der Waals surface area contributed by atoms with Gasteiger partial charge in [0.05, 0.1) is 6.04 Å². The molecule has 0 amide bonds. The quantitative estimate of drug-likeness (QED) is 0.786. The number of hydrogen-bond donors (Lipinski definition) is 1. The third-order valence-corrected chi connectivity index (χ3v) is 4.60. The molecule has 1 nitrogen and oxygen atoms in total. The maximum absolute atomic E-state index is 13.4. The van der Waals surface area contributed by atoms with E-state index in [1.54, 1.807) is 12.1 Å². The van der Waals surface area contributed by atoms with E-state index >= 15 is 0 Å². The van der Waals surface area contributed by atoms with Crippen LogP contribution >= 0.6 is 22.6 Å².